The normalized spacial score (nSPS) is 11.7. The number of hydrogen-bond donors (Lipinski definition) is 0. The van der Waals surface area contributed by atoms with E-state index >= 15 is 0 Å². The molecule has 0 aliphatic rings. The molecule has 4 heterocycles. The Bertz CT molecular complexity index is 2110. The molecule has 4 nitrogen and oxygen atoms in total. The molecule has 0 atom stereocenters. The van der Waals surface area contributed by atoms with Crippen LogP contribution in [0.4, 0.5) is 4.39 Å². The fourth-order valence-corrected chi connectivity index (χ4v) is 6.99. The van der Waals surface area contributed by atoms with Crippen LogP contribution in [0.15, 0.2) is 163 Å². The largest absolute Gasteiger partial charge is 0.298 e. The zero-order valence-corrected chi connectivity index (χ0v) is 25.0. The average Bonchev–Trinajstić information content (AvgIpc) is 3.88. The van der Waals surface area contributed by atoms with Crippen molar-refractivity contribution in [3.63, 3.8) is 0 Å². The first-order valence-electron chi connectivity index (χ1n) is 14.8. The predicted octanol–water partition coefficient (Wildman–Crippen LogP) is 9.57. The summed E-state index contributed by atoms with van der Waals surface area (Å²) < 4.78 is 18.4. The number of thiophene rings is 1. The Morgan fingerprint density at radius 1 is 0.600 bits per heavy atom. The molecule has 0 aliphatic carbocycles. The molecule has 0 unspecified atom stereocenters. The highest BCUT2D eigenvalue weighted by atomic mass is 32.1. The third-order valence-corrected chi connectivity index (χ3v) is 9.23. The number of rotatable bonds is 7. The molecular weight excluding hydrogens is 576 g/mol. The predicted molar refractivity (Wildman–Crippen MR) is 180 cm³/mol. The Morgan fingerprint density at radius 3 is 1.78 bits per heavy atom. The Kier molecular flexibility index (Phi) is 6.69. The molecule has 216 valence electrons. The van der Waals surface area contributed by atoms with Crippen LogP contribution in [0.5, 0.6) is 0 Å². The van der Waals surface area contributed by atoms with E-state index in [-0.39, 0.29) is 5.82 Å². The molecule has 0 saturated heterocycles. The Balaban J connectivity index is 1.44. The lowest BCUT2D eigenvalue weighted by atomic mass is 9.77. The van der Waals surface area contributed by atoms with E-state index in [9.17, 15) is 4.39 Å². The average molecular weight is 603 g/mol. The summed E-state index contributed by atoms with van der Waals surface area (Å²) in [6, 6.07) is 46.3. The number of halogens is 1. The van der Waals surface area contributed by atoms with Crippen LogP contribution in [0, 0.1) is 5.82 Å². The Hall–Kier alpha value is -5.59. The number of hydrogen-bond acceptors (Lipinski definition) is 3. The van der Waals surface area contributed by atoms with Gasteiger partial charge < -0.3 is 0 Å². The highest BCUT2D eigenvalue weighted by Crippen LogP contribution is 2.43. The first kappa shape index (κ1) is 27.0. The maximum absolute atomic E-state index is 14.2. The first-order chi connectivity index (χ1) is 22.2. The van der Waals surface area contributed by atoms with Crippen LogP contribution in [0.25, 0.3) is 38.6 Å². The molecule has 0 fully saturated rings. The third kappa shape index (κ3) is 4.58. The molecule has 45 heavy (non-hydrogen) atoms. The summed E-state index contributed by atoms with van der Waals surface area (Å²) in [4.78, 5) is 5.81. The van der Waals surface area contributed by atoms with Crippen LogP contribution < -0.4 is 0 Å². The number of fused-ring (bicyclic) bond motifs is 1. The molecule has 4 aromatic carbocycles. The van der Waals surface area contributed by atoms with Crippen LogP contribution in [-0.2, 0) is 5.54 Å². The molecule has 6 heteroatoms. The second kappa shape index (κ2) is 11.2. The van der Waals surface area contributed by atoms with Gasteiger partial charge in [0.15, 0.2) is 0 Å². The minimum absolute atomic E-state index is 0.285. The molecule has 0 radical (unpaired) electrons. The van der Waals surface area contributed by atoms with Crippen LogP contribution in [0.2, 0.25) is 0 Å². The molecule has 0 aliphatic heterocycles. The lowest BCUT2D eigenvalue weighted by Gasteiger charge is -2.36. The van der Waals surface area contributed by atoms with Gasteiger partial charge in [-0.05, 0) is 64.5 Å². The number of imidazole rings is 1. The summed E-state index contributed by atoms with van der Waals surface area (Å²) in [7, 11) is 0. The van der Waals surface area contributed by atoms with Gasteiger partial charge in [0.2, 0.25) is 0 Å². The van der Waals surface area contributed by atoms with Crippen LogP contribution >= 0.6 is 11.3 Å². The molecular formula is C39H27FN4S. The van der Waals surface area contributed by atoms with Gasteiger partial charge in [0.05, 0.1) is 16.8 Å². The summed E-state index contributed by atoms with van der Waals surface area (Å²) >= 11 is 1.69. The third-order valence-electron chi connectivity index (χ3n) is 8.34. The summed E-state index contributed by atoms with van der Waals surface area (Å²) in [6.45, 7) is 0. The quantitative estimate of drug-likeness (QED) is 0.170. The van der Waals surface area contributed by atoms with E-state index < -0.39 is 5.54 Å². The highest BCUT2D eigenvalue weighted by Gasteiger charge is 2.40. The van der Waals surface area contributed by atoms with Crippen molar-refractivity contribution >= 4 is 17.0 Å². The van der Waals surface area contributed by atoms with Gasteiger partial charge in [-0.15, -0.1) is 11.3 Å². The van der Waals surface area contributed by atoms with Gasteiger partial charge in [0.25, 0.3) is 0 Å². The van der Waals surface area contributed by atoms with Gasteiger partial charge >= 0.3 is 0 Å². The number of pyridine rings is 1. The van der Waals surface area contributed by atoms with Gasteiger partial charge in [-0.1, -0.05) is 97.1 Å². The summed E-state index contributed by atoms with van der Waals surface area (Å²) in [5.41, 5.74) is 7.84. The highest BCUT2D eigenvalue weighted by molar-refractivity contribution is 7.13. The second-order valence-corrected chi connectivity index (χ2v) is 11.9. The molecule has 4 aromatic heterocycles. The molecule has 0 amide bonds. The van der Waals surface area contributed by atoms with Crippen LogP contribution in [0.1, 0.15) is 16.7 Å². The van der Waals surface area contributed by atoms with Crippen molar-refractivity contribution in [2.24, 2.45) is 0 Å². The standard InChI is InChI=1S/C39H27FN4S/c40-33-21-18-28(19-22-33)38-34(29-20-23-37-41-25-35(43(37)26-29)36-17-10-24-45-36)27-44(42-38)39(30-11-4-1-5-12-30,31-13-6-2-7-14-31)32-15-8-3-9-16-32/h1-27H. The lowest BCUT2D eigenvalue weighted by Crippen LogP contribution is -2.38. The number of aromatic nitrogens is 4. The van der Waals surface area contributed by atoms with Crippen molar-refractivity contribution in [2.45, 2.75) is 5.54 Å². The van der Waals surface area contributed by atoms with E-state index in [0.717, 1.165) is 55.3 Å². The smallest absolute Gasteiger partial charge is 0.138 e. The van der Waals surface area contributed by atoms with Crippen molar-refractivity contribution in [2.75, 3.05) is 0 Å². The monoisotopic (exact) mass is 602 g/mol. The van der Waals surface area contributed by atoms with E-state index in [1.807, 2.05) is 30.5 Å². The van der Waals surface area contributed by atoms with E-state index in [1.54, 1.807) is 23.5 Å². The minimum atomic E-state index is -0.794. The van der Waals surface area contributed by atoms with Crippen molar-refractivity contribution < 1.29 is 4.39 Å². The van der Waals surface area contributed by atoms with E-state index in [1.165, 1.54) is 12.1 Å². The Morgan fingerprint density at radius 2 is 1.20 bits per heavy atom. The lowest BCUT2D eigenvalue weighted by molar-refractivity contribution is 0.461. The molecule has 8 aromatic rings. The first-order valence-corrected chi connectivity index (χ1v) is 15.6. The zero-order valence-electron chi connectivity index (χ0n) is 24.2. The van der Waals surface area contributed by atoms with Crippen molar-refractivity contribution in [3.05, 3.63) is 186 Å². The minimum Gasteiger partial charge on any atom is -0.298 e. The summed E-state index contributed by atoms with van der Waals surface area (Å²) in [6.07, 6.45) is 6.18. The van der Waals surface area contributed by atoms with Gasteiger partial charge in [-0.3, -0.25) is 9.08 Å². The van der Waals surface area contributed by atoms with Gasteiger partial charge in [-0.25, -0.2) is 9.37 Å². The molecule has 8 rings (SSSR count). The molecule has 0 bridgehead atoms. The van der Waals surface area contributed by atoms with Crippen LogP contribution in [-0.4, -0.2) is 19.2 Å². The van der Waals surface area contributed by atoms with Gasteiger partial charge in [0, 0.05) is 29.1 Å². The molecule has 0 saturated carbocycles. The van der Waals surface area contributed by atoms with Gasteiger partial charge in [0.1, 0.15) is 22.7 Å². The SMILES string of the molecule is Fc1ccc(-c2nn(C(c3ccccc3)(c3ccccc3)c3ccccc3)cc2-c2ccc3ncc(-c4cccs4)n3c2)cc1. The number of nitrogens with zero attached hydrogens (tertiary/aromatic N) is 4. The van der Waals surface area contributed by atoms with E-state index in [0.29, 0.717) is 0 Å². The Labute approximate surface area is 264 Å². The fraction of sp³-hybridized carbons (Fsp3) is 0.0256. The molecule has 0 N–H and O–H groups in total. The zero-order chi connectivity index (χ0) is 30.2. The van der Waals surface area contributed by atoms with Crippen LogP contribution in [0.3, 0.4) is 0 Å². The fourth-order valence-electron chi connectivity index (χ4n) is 6.26. The number of benzene rings is 4. The summed E-state index contributed by atoms with van der Waals surface area (Å²) in [5.74, 6) is -0.285. The van der Waals surface area contributed by atoms with Gasteiger partial charge in [-0.2, -0.15) is 5.10 Å². The topological polar surface area (TPSA) is 35.1 Å². The second-order valence-electron chi connectivity index (χ2n) is 10.9. The van der Waals surface area contributed by atoms with Crippen molar-refractivity contribution in [1.29, 1.82) is 0 Å². The molecule has 0 spiro atoms. The van der Waals surface area contributed by atoms with Crippen molar-refractivity contribution in [3.8, 4) is 33.0 Å². The van der Waals surface area contributed by atoms with E-state index in [4.69, 9.17) is 5.10 Å². The van der Waals surface area contributed by atoms with E-state index in [2.05, 4.69) is 123 Å². The van der Waals surface area contributed by atoms with Crippen molar-refractivity contribution in [1.82, 2.24) is 19.2 Å². The summed E-state index contributed by atoms with van der Waals surface area (Å²) in [5, 5.41) is 7.47. The maximum Gasteiger partial charge on any atom is 0.138 e. The maximum atomic E-state index is 14.2.